The molecule has 0 saturated carbocycles. The lowest BCUT2D eigenvalue weighted by atomic mass is 10.1. The zero-order valence-corrected chi connectivity index (χ0v) is 15.7. The van der Waals surface area contributed by atoms with Gasteiger partial charge in [0, 0.05) is 23.8 Å². The fourth-order valence-corrected chi connectivity index (χ4v) is 2.51. The Bertz CT molecular complexity index is 714. The van der Waals surface area contributed by atoms with Crippen LogP contribution in [-0.2, 0) is 11.3 Å². The summed E-state index contributed by atoms with van der Waals surface area (Å²) in [5.74, 6) is -0.181. The lowest BCUT2D eigenvalue weighted by molar-refractivity contribution is -0.117. The smallest absolute Gasteiger partial charge is 0.251 e. The Balaban J connectivity index is 1.84. The molecule has 26 heavy (non-hydrogen) atoms. The molecular weight excluding hydrogens is 326 g/mol. The van der Waals surface area contributed by atoms with Gasteiger partial charge in [0.15, 0.2) is 0 Å². The van der Waals surface area contributed by atoms with Crippen LogP contribution in [0.25, 0.3) is 0 Å². The van der Waals surface area contributed by atoms with E-state index in [4.69, 9.17) is 0 Å². The first-order chi connectivity index (χ1) is 12.5. The van der Waals surface area contributed by atoms with Crippen LogP contribution in [0, 0.1) is 0 Å². The second kappa shape index (κ2) is 9.73. The number of nitrogens with one attached hydrogen (secondary N) is 2. The largest absolute Gasteiger partial charge is 0.350 e. The highest BCUT2D eigenvalue weighted by Gasteiger charge is 2.10. The number of amides is 2. The van der Waals surface area contributed by atoms with Crippen LogP contribution in [0.1, 0.15) is 36.2 Å². The maximum atomic E-state index is 12.2. The van der Waals surface area contributed by atoms with Crippen molar-refractivity contribution in [1.29, 1.82) is 0 Å². The lowest BCUT2D eigenvalue weighted by Crippen LogP contribution is -2.32. The molecule has 0 radical (unpaired) electrons. The van der Waals surface area contributed by atoms with Crippen LogP contribution in [0.3, 0.4) is 0 Å². The van der Waals surface area contributed by atoms with Crippen molar-refractivity contribution in [3.63, 3.8) is 0 Å². The highest BCUT2D eigenvalue weighted by molar-refractivity contribution is 5.96. The Kier molecular flexibility index (Phi) is 7.36. The van der Waals surface area contributed by atoms with Crippen LogP contribution in [0.2, 0.25) is 0 Å². The standard InChI is InChI=1S/C21H27N3O2/c1-4-16(2)22-21(26)18-10-12-19(13-11-18)23-20(25)15-24(3)14-17-8-6-5-7-9-17/h5-13,16H,4,14-15H2,1-3H3,(H,22,26)(H,23,25). The van der Waals surface area contributed by atoms with Gasteiger partial charge in [-0.3, -0.25) is 14.5 Å². The van der Waals surface area contributed by atoms with E-state index < -0.39 is 0 Å². The Morgan fingerprint density at radius 3 is 2.31 bits per heavy atom. The first-order valence-corrected chi connectivity index (χ1v) is 8.91. The molecule has 2 amide bonds. The number of carbonyl (C=O) groups excluding carboxylic acids is 2. The van der Waals surface area contributed by atoms with Gasteiger partial charge in [0.1, 0.15) is 0 Å². The van der Waals surface area contributed by atoms with Gasteiger partial charge in [-0.1, -0.05) is 37.3 Å². The molecule has 0 aliphatic rings. The number of likely N-dealkylation sites (N-methyl/N-ethyl adjacent to an activating group) is 1. The number of carbonyl (C=O) groups is 2. The number of hydrogen-bond acceptors (Lipinski definition) is 3. The van der Waals surface area contributed by atoms with E-state index in [0.29, 0.717) is 24.3 Å². The molecule has 5 heteroatoms. The molecule has 0 saturated heterocycles. The fraction of sp³-hybridized carbons (Fsp3) is 0.333. The predicted molar refractivity (Wildman–Crippen MR) is 105 cm³/mol. The van der Waals surface area contributed by atoms with Gasteiger partial charge in [-0.25, -0.2) is 0 Å². The predicted octanol–water partition coefficient (Wildman–Crippen LogP) is 3.29. The van der Waals surface area contributed by atoms with Crippen molar-refractivity contribution < 1.29 is 9.59 Å². The van der Waals surface area contributed by atoms with E-state index in [1.54, 1.807) is 24.3 Å². The number of anilines is 1. The molecule has 0 heterocycles. The molecule has 138 valence electrons. The quantitative estimate of drug-likeness (QED) is 0.765. The van der Waals surface area contributed by atoms with Crippen LogP contribution in [0.4, 0.5) is 5.69 Å². The summed E-state index contributed by atoms with van der Waals surface area (Å²) in [5.41, 5.74) is 2.44. The van der Waals surface area contributed by atoms with Crippen LogP contribution in [0.5, 0.6) is 0 Å². The van der Waals surface area contributed by atoms with Gasteiger partial charge in [0.25, 0.3) is 5.91 Å². The van der Waals surface area contributed by atoms with Crippen molar-refractivity contribution in [1.82, 2.24) is 10.2 Å². The molecule has 0 bridgehead atoms. The van der Waals surface area contributed by atoms with Crippen molar-refractivity contribution in [3.8, 4) is 0 Å². The fourth-order valence-electron chi connectivity index (χ4n) is 2.51. The van der Waals surface area contributed by atoms with Gasteiger partial charge >= 0.3 is 0 Å². The Morgan fingerprint density at radius 1 is 1.04 bits per heavy atom. The van der Waals surface area contributed by atoms with Crippen LogP contribution in [0.15, 0.2) is 54.6 Å². The summed E-state index contributed by atoms with van der Waals surface area (Å²) in [4.78, 5) is 26.2. The number of hydrogen-bond donors (Lipinski definition) is 2. The molecule has 2 N–H and O–H groups in total. The third-order valence-corrected chi connectivity index (χ3v) is 4.13. The lowest BCUT2D eigenvalue weighted by Gasteiger charge is -2.16. The van der Waals surface area contributed by atoms with E-state index in [9.17, 15) is 9.59 Å². The molecule has 0 aromatic heterocycles. The van der Waals surface area contributed by atoms with E-state index >= 15 is 0 Å². The number of rotatable bonds is 8. The van der Waals surface area contributed by atoms with Gasteiger partial charge in [-0.2, -0.15) is 0 Å². The van der Waals surface area contributed by atoms with E-state index in [-0.39, 0.29) is 17.9 Å². The summed E-state index contributed by atoms with van der Waals surface area (Å²) < 4.78 is 0. The minimum absolute atomic E-state index is 0.0831. The molecular formula is C21H27N3O2. The topological polar surface area (TPSA) is 61.4 Å². The zero-order valence-electron chi connectivity index (χ0n) is 15.7. The normalized spacial score (nSPS) is 11.8. The summed E-state index contributed by atoms with van der Waals surface area (Å²) in [5, 5.41) is 5.79. The molecule has 0 fully saturated rings. The second-order valence-corrected chi connectivity index (χ2v) is 6.57. The van der Waals surface area contributed by atoms with Crippen LogP contribution < -0.4 is 10.6 Å². The Hall–Kier alpha value is -2.66. The third-order valence-electron chi connectivity index (χ3n) is 4.13. The van der Waals surface area contributed by atoms with E-state index in [1.165, 1.54) is 5.56 Å². The monoisotopic (exact) mass is 353 g/mol. The Labute approximate surface area is 155 Å². The highest BCUT2D eigenvalue weighted by atomic mass is 16.2. The highest BCUT2D eigenvalue weighted by Crippen LogP contribution is 2.10. The van der Waals surface area contributed by atoms with Crippen molar-refractivity contribution in [2.75, 3.05) is 18.9 Å². The maximum absolute atomic E-state index is 12.2. The third kappa shape index (κ3) is 6.33. The first kappa shape index (κ1) is 19.7. The average Bonchev–Trinajstić information content (AvgIpc) is 2.62. The van der Waals surface area contributed by atoms with Crippen molar-refractivity contribution in [2.24, 2.45) is 0 Å². The summed E-state index contributed by atoms with van der Waals surface area (Å²) in [6.07, 6.45) is 0.885. The maximum Gasteiger partial charge on any atom is 0.251 e. The van der Waals surface area contributed by atoms with Crippen molar-refractivity contribution in [3.05, 3.63) is 65.7 Å². The van der Waals surface area contributed by atoms with Gasteiger partial charge in [-0.05, 0) is 50.2 Å². The van der Waals surface area contributed by atoms with E-state index in [0.717, 1.165) is 6.42 Å². The first-order valence-electron chi connectivity index (χ1n) is 8.91. The molecule has 1 unspecified atom stereocenters. The minimum atomic E-state index is -0.0974. The summed E-state index contributed by atoms with van der Waals surface area (Å²) in [7, 11) is 1.91. The number of nitrogens with zero attached hydrogens (tertiary/aromatic N) is 1. The minimum Gasteiger partial charge on any atom is -0.350 e. The van der Waals surface area contributed by atoms with E-state index in [2.05, 4.69) is 10.6 Å². The van der Waals surface area contributed by atoms with Gasteiger partial charge in [-0.15, -0.1) is 0 Å². The van der Waals surface area contributed by atoms with Crippen LogP contribution >= 0.6 is 0 Å². The summed E-state index contributed by atoms with van der Waals surface area (Å²) >= 11 is 0. The molecule has 2 rings (SSSR count). The van der Waals surface area contributed by atoms with Gasteiger partial charge in [0.05, 0.1) is 6.54 Å². The molecule has 0 spiro atoms. The SMILES string of the molecule is CCC(C)NC(=O)c1ccc(NC(=O)CN(C)Cc2ccccc2)cc1. The van der Waals surface area contributed by atoms with Gasteiger partial charge in [0.2, 0.25) is 5.91 Å². The molecule has 0 aliphatic carbocycles. The van der Waals surface area contributed by atoms with Gasteiger partial charge < -0.3 is 10.6 Å². The average molecular weight is 353 g/mol. The van der Waals surface area contributed by atoms with Crippen molar-refractivity contribution >= 4 is 17.5 Å². The Morgan fingerprint density at radius 2 is 1.69 bits per heavy atom. The van der Waals surface area contributed by atoms with Crippen molar-refractivity contribution in [2.45, 2.75) is 32.9 Å². The zero-order chi connectivity index (χ0) is 18.9. The molecule has 5 nitrogen and oxygen atoms in total. The molecule has 1 atom stereocenters. The van der Waals surface area contributed by atoms with E-state index in [1.807, 2.05) is 56.1 Å². The summed E-state index contributed by atoms with van der Waals surface area (Å²) in [6, 6.07) is 17.1. The second-order valence-electron chi connectivity index (χ2n) is 6.57. The number of benzene rings is 2. The molecule has 2 aromatic rings. The molecule has 2 aromatic carbocycles. The summed E-state index contributed by atoms with van der Waals surface area (Å²) in [6.45, 7) is 5.00. The molecule has 0 aliphatic heterocycles. The van der Waals surface area contributed by atoms with Crippen LogP contribution in [-0.4, -0.2) is 36.3 Å².